The Morgan fingerprint density at radius 3 is 2.57 bits per heavy atom. The Morgan fingerprint density at radius 1 is 1.10 bits per heavy atom. The molecule has 1 heteroatoms. The third kappa shape index (κ3) is 2.25. The van der Waals surface area contributed by atoms with Gasteiger partial charge in [-0.1, -0.05) is 57.2 Å². The Hall–Kier alpha value is -1.76. The normalized spacial score (nSPS) is 22.9. The zero-order valence-corrected chi connectivity index (χ0v) is 13.4. The molecule has 1 aliphatic rings. The standard InChI is InChI=1S/C20H25N/c1-5-14(2)17-10-6-8-12-19(17)21-16(4)15(3)18-11-7-9-13-20(18)21/h6-16H,5H2,1-4H3/t14-,15-,16+/m1/s1/i13T. The summed E-state index contributed by atoms with van der Waals surface area (Å²) in [4.78, 5) is 2.39. The Morgan fingerprint density at radius 2 is 1.81 bits per heavy atom. The summed E-state index contributed by atoms with van der Waals surface area (Å²) in [6.45, 7) is 9.07. The molecule has 0 spiro atoms. The molecule has 1 aliphatic heterocycles. The zero-order valence-electron chi connectivity index (χ0n) is 14.4. The van der Waals surface area contributed by atoms with Crippen molar-refractivity contribution in [2.75, 3.05) is 4.90 Å². The van der Waals surface area contributed by atoms with Crippen LogP contribution in [0.3, 0.4) is 0 Å². The van der Waals surface area contributed by atoms with E-state index < -0.39 is 0 Å². The lowest BCUT2D eigenvalue weighted by atomic mass is 9.95. The van der Waals surface area contributed by atoms with Crippen LogP contribution in [0.5, 0.6) is 0 Å². The number of nitrogens with zero attached hydrogens (tertiary/aromatic N) is 1. The lowest BCUT2D eigenvalue weighted by Gasteiger charge is -2.30. The van der Waals surface area contributed by atoms with Crippen LogP contribution >= 0.6 is 0 Å². The van der Waals surface area contributed by atoms with E-state index in [9.17, 15) is 0 Å². The maximum absolute atomic E-state index is 8.39. The van der Waals surface area contributed by atoms with E-state index in [2.05, 4.69) is 62.9 Å². The monoisotopic (exact) mass is 281 g/mol. The van der Waals surface area contributed by atoms with Gasteiger partial charge in [0.05, 0.1) is 1.37 Å². The van der Waals surface area contributed by atoms with Crippen molar-refractivity contribution < 1.29 is 1.37 Å². The molecular formula is C20H25N. The minimum atomic E-state index is 0.381. The third-order valence-corrected chi connectivity index (χ3v) is 5.07. The largest absolute Gasteiger partial charge is 0.338 e. The molecule has 0 aliphatic carbocycles. The molecular weight excluding hydrogens is 254 g/mol. The van der Waals surface area contributed by atoms with Crippen molar-refractivity contribution in [2.24, 2.45) is 0 Å². The van der Waals surface area contributed by atoms with Gasteiger partial charge in [0.25, 0.3) is 0 Å². The van der Waals surface area contributed by atoms with Gasteiger partial charge in [-0.3, -0.25) is 0 Å². The van der Waals surface area contributed by atoms with E-state index in [1.165, 1.54) is 16.8 Å². The minimum absolute atomic E-state index is 0.381. The lowest BCUT2D eigenvalue weighted by Crippen LogP contribution is -2.27. The average Bonchev–Trinajstić information content (AvgIpc) is 2.80. The quantitative estimate of drug-likeness (QED) is 0.682. The molecule has 0 saturated carbocycles. The van der Waals surface area contributed by atoms with E-state index in [4.69, 9.17) is 1.37 Å². The first-order chi connectivity index (χ1) is 10.6. The fourth-order valence-electron chi connectivity index (χ4n) is 3.39. The van der Waals surface area contributed by atoms with Gasteiger partial charge in [0.1, 0.15) is 0 Å². The summed E-state index contributed by atoms with van der Waals surface area (Å²) in [5.41, 5.74) is 5.06. The summed E-state index contributed by atoms with van der Waals surface area (Å²) in [6.07, 6.45) is 1.13. The van der Waals surface area contributed by atoms with Crippen molar-refractivity contribution in [3.05, 3.63) is 59.6 Å². The molecule has 0 radical (unpaired) electrons. The molecule has 0 bridgehead atoms. The third-order valence-electron chi connectivity index (χ3n) is 5.07. The molecule has 2 aromatic rings. The number of anilines is 2. The van der Waals surface area contributed by atoms with Crippen molar-refractivity contribution >= 4 is 11.4 Å². The van der Waals surface area contributed by atoms with Gasteiger partial charge >= 0.3 is 0 Å². The number of para-hydroxylation sites is 2. The summed E-state index contributed by atoms with van der Waals surface area (Å²) < 4.78 is 8.39. The van der Waals surface area contributed by atoms with Crippen LogP contribution in [0.2, 0.25) is 0 Å². The molecule has 110 valence electrons. The van der Waals surface area contributed by atoms with E-state index in [0.29, 0.717) is 23.9 Å². The fraction of sp³-hybridized carbons (Fsp3) is 0.400. The number of benzene rings is 2. The van der Waals surface area contributed by atoms with Crippen molar-refractivity contribution in [2.45, 2.75) is 52.0 Å². The van der Waals surface area contributed by atoms with Crippen molar-refractivity contribution in [3.63, 3.8) is 0 Å². The predicted octanol–water partition coefficient (Wildman–Crippen LogP) is 5.84. The first-order valence-electron chi connectivity index (χ1n) is 8.53. The highest BCUT2D eigenvalue weighted by Crippen LogP contribution is 2.46. The van der Waals surface area contributed by atoms with E-state index in [1.54, 1.807) is 0 Å². The first-order valence-corrected chi connectivity index (χ1v) is 8.03. The molecule has 1 nitrogen and oxygen atoms in total. The van der Waals surface area contributed by atoms with Crippen molar-refractivity contribution in [3.8, 4) is 0 Å². The Balaban J connectivity index is 2.18. The van der Waals surface area contributed by atoms with E-state index in [-0.39, 0.29) is 0 Å². The van der Waals surface area contributed by atoms with E-state index in [0.717, 1.165) is 12.1 Å². The molecule has 3 rings (SSSR count). The molecule has 0 aromatic heterocycles. The maximum Gasteiger partial charge on any atom is 0.0645 e. The second kappa shape index (κ2) is 5.55. The molecule has 0 N–H and O–H groups in total. The number of hydrogen-bond acceptors (Lipinski definition) is 1. The van der Waals surface area contributed by atoms with Crippen LogP contribution in [-0.2, 0) is 0 Å². The molecule has 1 heterocycles. The van der Waals surface area contributed by atoms with Gasteiger partial charge in [0.2, 0.25) is 0 Å². The van der Waals surface area contributed by atoms with Gasteiger partial charge in [0.15, 0.2) is 0 Å². The maximum atomic E-state index is 8.39. The van der Waals surface area contributed by atoms with Crippen LogP contribution < -0.4 is 4.90 Å². The summed E-state index contributed by atoms with van der Waals surface area (Å²) in [7, 11) is 0. The molecule has 0 fully saturated rings. The SMILES string of the molecule is [3H]c1cccc2c1N(c1ccccc1[C@H](C)CC)[C@@H](C)[C@H]2C. The van der Waals surface area contributed by atoms with Gasteiger partial charge in [-0.15, -0.1) is 0 Å². The molecule has 21 heavy (non-hydrogen) atoms. The highest BCUT2D eigenvalue weighted by atomic mass is 15.2. The molecule has 0 unspecified atom stereocenters. The van der Waals surface area contributed by atoms with Gasteiger partial charge in [-0.25, -0.2) is 0 Å². The van der Waals surface area contributed by atoms with E-state index >= 15 is 0 Å². The minimum Gasteiger partial charge on any atom is -0.338 e. The average molecular weight is 281 g/mol. The van der Waals surface area contributed by atoms with Crippen molar-refractivity contribution in [1.82, 2.24) is 0 Å². The lowest BCUT2D eigenvalue weighted by molar-refractivity contribution is 0.636. The second-order valence-corrected chi connectivity index (χ2v) is 6.24. The van der Waals surface area contributed by atoms with Gasteiger partial charge < -0.3 is 4.90 Å². The molecule has 0 amide bonds. The first kappa shape index (κ1) is 12.9. The van der Waals surface area contributed by atoms with Crippen LogP contribution in [0.1, 0.15) is 58.4 Å². The number of fused-ring (bicyclic) bond motifs is 1. The van der Waals surface area contributed by atoms with Gasteiger partial charge in [-0.05, 0) is 42.5 Å². The number of hydrogen-bond donors (Lipinski definition) is 0. The molecule has 3 atom stereocenters. The highest BCUT2D eigenvalue weighted by Gasteiger charge is 2.34. The number of rotatable bonds is 3. The van der Waals surface area contributed by atoms with Crippen LogP contribution in [0.25, 0.3) is 0 Å². The smallest absolute Gasteiger partial charge is 0.0645 e. The summed E-state index contributed by atoms with van der Waals surface area (Å²) in [5, 5.41) is 0. The Labute approximate surface area is 130 Å². The van der Waals surface area contributed by atoms with Gasteiger partial charge in [0, 0.05) is 23.3 Å². The summed E-state index contributed by atoms with van der Waals surface area (Å²) >= 11 is 0. The summed E-state index contributed by atoms with van der Waals surface area (Å²) in [5.74, 6) is 0.978. The molecule has 2 aromatic carbocycles. The Kier molecular flexibility index (Phi) is 3.42. The van der Waals surface area contributed by atoms with Crippen LogP contribution in [-0.4, -0.2) is 6.04 Å². The second-order valence-electron chi connectivity index (χ2n) is 6.24. The fourth-order valence-corrected chi connectivity index (χ4v) is 3.39. The van der Waals surface area contributed by atoms with Crippen LogP contribution in [0.4, 0.5) is 11.4 Å². The molecule has 0 saturated heterocycles. The highest BCUT2D eigenvalue weighted by molar-refractivity contribution is 5.74. The Bertz CT molecular complexity index is 679. The summed E-state index contributed by atoms with van der Waals surface area (Å²) in [6, 6.07) is 15.8. The van der Waals surface area contributed by atoms with Gasteiger partial charge in [-0.2, -0.15) is 0 Å². The van der Waals surface area contributed by atoms with Crippen LogP contribution in [0, 0.1) is 0 Å². The van der Waals surface area contributed by atoms with E-state index in [1.807, 2.05) is 12.1 Å². The van der Waals surface area contributed by atoms with Crippen molar-refractivity contribution in [1.29, 1.82) is 0 Å². The van der Waals surface area contributed by atoms with Crippen LogP contribution in [0.15, 0.2) is 48.5 Å². The predicted molar refractivity (Wildman–Crippen MR) is 91.6 cm³/mol. The zero-order chi connectivity index (χ0) is 15.9. The topological polar surface area (TPSA) is 3.24 Å².